The lowest BCUT2D eigenvalue weighted by Gasteiger charge is -2.14. The molecule has 1 aromatic heterocycles. The predicted molar refractivity (Wildman–Crippen MR) is 141 cm³/mol. The number of nitrogens with zero attached hydrogens (tertiary/aromatic N) is 1. The molecule has 0 radical (unpaired) electrons. The third-order valence-electron chi connectivity index (χ3n) is 5.16. The summed E-state index contributed by atoms with van der Waals surface area (Å²) in [6, 6.07) is 19.9. The van der Waals surface area contributed by atoms with E-state index in [1.807, 2.05) is 30.3 Å². The number of nitrogens with one attached hydrogen (secondary N) is 2. The molecule has 2 heterocycles. The van der Waals surface area contributed by atoms with Crippen LogP contribution in [-0.4, -0.2) is 33.5 Å². The fourth-order valence-corrected chi connectivity index (χ4v) is 4.59. The highest BCUT2D eigenvalue weighted by atomic mass is 32.2. The van der Waals surface area contributed by atoms with Crippen molar-refractivity contribution < 1.29 is 23.5 Å². The van der Waals surface area contributed by atoms with Gasteiger partial charge in [-0.3, -0.25) is 30.1 Å². The van der Waals surface area contributed by atoms with Crippen LogP contribution in [0.3, 0.4) is 0 Å². The van der Waals surface area contributed by atoms with Gasteiger partial charge in [0.05, 0.1) is 11.2 Å². The van der Waals surface area contributed by atoms with Crippen LogP contribution < -0.4 is 15.6 Å². The fourth-order valence-electron chi connectivity index (χ4n) is 3.30. The molecule has 10 heteroatoms. The van der Waals surface area contributed by atoms with E-state index in [2.05, 4.69) is 10.9 Å². The van der Waals surface area contributed by atoms with Gasteiger partial charge in [-0.1, -0.05) is 54.3 Å². The van der Waals surface area contributed by atoms with Crippen molar-refractivity contribution >= 4 is 52.1 Å². The minimum absolute atomic E-state index is 0.112. The van der Waals surface area contributed by atoms with Gasteiger partial charge >= 0.3 is 0 Å². The zero-order valence-corrected chi connectivity index (χ0v) is 20.8. The number of thiocarbonyl (C=S) groups is 1. The van der Waals surface area contributed by atoms with Gasteiger partial charge in [0, 0.05) is 24.6 Å². The lowest BCUT2D eigenvalue weighted by Crippen LogP contribution is -2.41. The van der Waals surface area contributed by atoms with Crippen LogP contribution in [0.4, 0.5) is 0 Å². The zero-order chi connectivity index (χ0) is 25.3. The number of carbonyl (C=O) groups excluding carboxylic acids is 3. The molecular weight excluding hydrogens is 498 g/mol. The maximum Gasteiger partial charge on any atom is 0.269 e. The van der Waals surface area contributed by atoms with Gasteiger partial charge in [0.25, 0.3) is 11.8 Å². The van der Waals surface area contributed by atoms with Gasteiger partial charge in [-0.15, -0.1) is 0 Å². The Labute approximate surface area is 217 Å². The Kier molecular flexibility index (Phi) is 8.53. The molecule has 1 saturated heterocycles. The SMILES string of the molecule is O=C(CCCN1C(=O)C(=Cc2ccco2)SC1=S)NNC(=O)c1ccc(OCc2ccccc2)cc1. The van der Waals surface area contributed by atoms with E-state index < -0.39 is 5.91 Å². The molecule has 2 N–H and O–H groups in total. The smallest absolute Gasteiger partial charge is 0.269 e. The van der Waals surface area contributed by atoms with E-state index in [1.54, 1.807) is 42.5 Å². The van der Waals surface area contributed by atoms with E-state index in [0.29, 0.717) is 45.9 Å². The third-order valence-corrected chi connectivity index (χ3v) is 6.53. The summed E-state index contributed by atoms with van der Waals surface area (Å²) in [4.78, 5) is 39.0. The standard InChI is InChI=1S/C26H23N3O5S2/c30-23(9-4-14-29-25(32)22(36-26(29)35)16-21-8-5-15-33-21)27-28-24(31)19-10-12-20(13-11-19)34-17-18-6-2-1-3-7-18/h1-3,5-8,10-13,15-16H,4,9,14,17H2,(H,27,30)(H,28,31). The number of furan rings is 1. The predicted octanol–water partition coefficient (Wildman–Crippen LogP) is 4.30. The topological polar surface area (TPSA) is 101 Å². The second-order valence-electron chi connectivity index (χ2n) is 7.75. The minimum atomic E-state index is -0.446. The molecule has 3 amide bonds. The summed E-state index contributed by atoms with van der Waals surface area (Å²) in [7, 11) is 0. The number of amides is 3. The number of ether oxygens (including phenoxy) is 1. The molecule has 36 heavy (non-hydrogen) atoms. The van der Waals surface area contributed by atoms with E-state index in [9.17, 15) is 14.4 Å². The molecule has 0 unspecified atom stereocenters. The molecule has 1 aliphatic heterocycles. The highest BCUT2D eigenvalue weighted by molar-refractivity contribution is 8.26. The molecular formula is C26H23N3O5S2. The van der Waals surface area contributed by atoms with E-state index >= 15 is 0 Å². The number of hydrogen-bond donors (Lipinski definition) is 2. The Balaban J connectivity index is 1.17. The number of thioether (sulfide) groups is 1. The van der Waals surface area contributed by atoms with E-state index in [1.165, 1.54) is 22.9 Å². The van der Waals surface area contributed by atoms with E-state index in [0.717, 1.165) is 5.56 Å². The van der Waals surface area contributed by atoms with Crippen molar-refractivity contribution in [1.29, 1.82) is 0 Å². The van der Waals surface area contributed by atoms with Gasteiger partial charge in [0.15, 0.2) is 0 Å². The second-order valence-corrected chi connectivity index (χ2v) is 9.43. The Morgan fingerprint density at radius 3 is 2.53 bits per heavy atom. The molecule has 4 rings (SSSR count). The summed E-state index contributed by atoms with van der Waals surface area (Å²) in [5.74, 6) is 0.168. The fraction of sp³-hybridized carbons (Fsp3) is 0.154. The van der Waals surface area contributed by atoms with Gasteiger partial charge < -0.3 is 9.15 Å². The van der Waals surface area contributed by atoms with E-state index in [4.69, 9.17) is 21.4 Å². The van der Waals surface area contributed by atoms with Gasteiger partial charge in [0.1, 0.15) is 22.4 Å². The quantitative estimate of drug-likeness (QED) is 0.246. The average Bonchev–Trinajstić information content (AvgIpc) is 3.50. The van der Waals surface area contributed by atoms with Crippen LogP contribution in [0.15, 0.2) is 82.3 Å². The van der Waals surface area contributed by atoms with Gasteiger partial charge in [-0.05, 0) is 48.4 Å². The Bertz CT molecular complexity index is 1260. The maximum absolute atomic E-state index is 12.6. The first-order valence-corrected chi connectivity index (χ1v) is 12.4. The average molecular weight is 522 g/mol. The van der Waals surface area contributed by atoms with Gasteiger partial charge in [0.2, 0.25) is 5.91 Å². The van der Waals surface area contributed by atoms with Gasteiger partial charge in [-0.2, -0.15) is 0 Å². The number of carbonyl (C=O) groups is 3. The van der Waals surface area contributed by atoms with Crippen molar-refractivity contribution in [1.82, 2.24) is 15.8 Å². The molecule has 184 valence electrons. The Morgan fingerprint density at radius 1 is 1.03 bits per heavy atom. The molecule has 2 aromatic carbocycles. The Hall–Kier alpha value is -3.89. The molecule has 0 bridgehead atoms. The van der Waals surface area contributed by atoms with Crippen LogP contribution in [0.25, 0.3) is 6.08 Å². The summed E-state index contributed by atoms with van der Waals surface area (Å²) in [5.41, 5.74) is 6.21. The molecule has 0 atom stereocenters. The van der Waals surface area contributed by atoms with Crippen molar-refractivity contribution in [3.8, 4) is 5.75 Å². The molecule has 1 aliphatic rings. The normalized spacial score (nSPS) is 14.2. The van der Waals surface area contributed by atoms with E-state index in [-0.39, 0.29) is 18.2 Å². The number of hydrazine groups is 1. The number of hydrogen-bond acceptors (Lipinski definition) is 7. The molecule has 3 aromatic rings. The summed E-state index contributed by atoms with van der Waals surface area (Å²) >= 11 is 6.49. The highest BCUT2D eigenvalue weighted by Gasteiger charge is 2.31. The summed E-state index contributed by atoms with van der Waals surface area (Å²) in [6.45, 7) is 0.725. The maximum atomic E-state index is 12.6. The largest absolute Gasteiger partial charge is 0.489 e. The first kappa shape index (κ1) is 25.2. The lowest BCUT2D eigenvalue weighted by atomic mass is 10.2. The second kappa shape index (κ2) is 12.2. The van der Waals surface area contributed by atoms with Crippen LogP contribution >= 0.6 is 24.0 Å². The van der Waals surface area contributed by atoms with Crippen molar-refractivity contribution in [2.24, 2.45) is 0 Å². The van der Waals surface area contributed by atoms with Crippen molar-refractivity contribution in [2.45, 2.75) is 19.4 Å². The van der Waals surface area contributed by atoms with Crippen molar-refractivity contribution in [3.63, 3.8) is 0 Å². The van der Waals surface area contributed by atoms with Crippen molar-refractivity contribution in [2.75, 3.05) is 6.54 Å². The summed E-state index contributed by atoms with van der Waals surface area (Å²) < 4.78 is 11.4. The number of rotatable bonds is 9. The lowest BCUT2D eigenvalue weighted by molar-refractivity contribution is -0.124. The molecule has 0 saturated carbocycles. The summed E-state index contributed by atoms with van der Waals surface area (Å²) in [5, 5.41) is 0. The Morgan fingerprint density at radius 2 is 1.81 bits per heavy atom. The highest BCUT2D eigenvalue weighted by Crippen LogP contribution is 2.32. The zero-order valence-electron chi connectivity index (χ0n) is 19.1. The first-order chi connectivity index (χ1) is 17.5. The molecule has 1 fully saturated rings. The monoisotopic (exact) mass is 521 g/mol. The van der Waals surface area contributed by atoms with Gasteiger partial charge in [-0.25, -0.2) is 0 Å². The first-order valence-electron chi connectivity index (χ1n) is 11.1. The molecule has 0 aliphatic carbocycles. The minimum Gasteiger partial charge on any atom is -0.489 e. The summed E-state index contributed by atoms with van der Waals surface area (Å²) in [6.07, 6.45) is 3.67. The number of benzene rings is 2. The molecule has 8 nitrogen and oxygen atoms in total. The van der Waals surface area contributed by atoms with Crippen LogP contribution in [0.1, 0.15) is 34.5 Å². The van der Waals surface area contributed by atoms with Crippen LogP contribution in [0.5, 0.6) is 5.75 Å². The van der Waals surface area contributed by atoms with Crippen molar-refractivity contribution in [3.05, 3.63) is 94.8 Å². The van der Waals surface area contributed by atoms with Crippen LogP contribution in [0, 0.1) is 0 Å². The molecule has 0 spiro atoms. The van der Waals surface area contributed by atoms with Crippen LogP contribution in [0.2, 0.25) is 0 Å². The third kappa shape index (κ3) is 6.83. The van der Waals surface area contributed by atoms with Crippen LogP contribution in [-0.2, 0) is 16.2 Å².